The molecule has 0 unspecified atom stereocenters. The van der Waals surface area contributed by atoms with E-state index < -0.39 is 21.2 Å². The molecule has 3 aliphatic heterocycles. The number of rotatable bonds is 2. The highest BCUT2D eigenvalue weighted by molar-refractivity contribution is 7.90. The van der Waals surface area contributed by atoms with Gasteiger partial charge >= 0.3 is 0 Å². The van der Waals surface area contributed by atoms with E-state index in [-0.39, 0.29) is 35.3 Å². The Morgan fingerprint density at radius 3 is 2.55 bits per heavy atom. The average Bonchev–Trinajstić information content (AvgIpc) is 3.21. The first kappa shape index (κ1) is 35.0. The Balaban J connectivity index is 1.26. The van der Waals surface area contributed by atoms with Crippen molar-refractivity contribution in [2.24, 2.45) is 23.7 Å². The molecule has 1 saturated carbocycles. The van der Waals surface area contributed by atoms with Crippen LogP contribution in [0, 0.1) is 23.7 Å². The highest BCUT2D eigenvalue weighted by atomic mass is 35.5. The second-order valence-electron chi connectivity index (χ2n) is 15.5. The minimum atomic E-state index is -3.94. The number of carbonyl (C=O) groups is 1. The molecule has 1 N–H and O–H groups in total. The van der Waals surface area contributed by atoms with Crippen molar-refractivity contribution in [1.82, 2.24) is 14.6 Å². The zero-order valence-corrected chi connectivity index (χ0v) is 30.8. The van der Waals surface area contributed by atoms with Gasteiger partial charge in [0, 0.05) is 29.4 Å². The van der Waals surface area contributed by atoms with Crippen LogP contribution in [0.3, 0.4) is 0 Å². The normalized spacial score (nSPS) is 34.9. The molecule has 1 aromatic heterocycles. The summed E-state index contributed by atoms with van der Waals surface area (Å²) in [5, 5.41) is -0.00953. The van der Waals surface area contributed by atoms with Gasteiger partial charge in [-0.1, -0.05) is 31.0 Å². The first-order chi connectivity index (χ1) is 23.4. The molecule has 49 heavy (non-hydrogen) atoms. The van der Waals surface area contributed by atoms with Gasteiger partial charge in [0.15, 0.2) is 17.9 Å². The third-order valence-electron chi connectivity index (χ3n) is 12.3. The largest absolute Gasteiger partial charge is 0.489 e. The number of aryl methyl sites for hydroxylation is 1. The standard InChI is InChI=1S/C37H51ClN4O6S/c1-23-7-5-9-30(36-46-19-28(20-47-36)41(3)4)29-12-10-26(29)18-42-21-37(16-6-8-25-17-27(38)11-13-31(25)37)22-48-33-15-14-32(39-34(33)42)35(43)40-49(44,45)24(23)2/h11,13-15,17,23-24,26,28-30,36H,5-10,12,16,18-22H2,1-4H3,(H,40,43)/t23-,24+,26-,28-,29+,30-,36+,37-/m0/s1. The number of fused-ring (bicyclic) bond motifs is 4. The summed E-state index contributed by atoms with van der Waals surface area (Å²) in [4.78, 5) is 22.8. The predicted molar refractivity (Wildman–Crippen MR) is 190 cm³/mol. The Hall–Kier alpha value is -2.44. The number of amides is 1. The molecule has 6 atom stereocenters. The molecular weight excluding hydrogens is 664 g/mol. The lowest BCUT2D eigenvalue weighted by molar-refractivity contribution is -0.240. The Morgan fingerprint density at radius 1 is 1.02 bits per heavy atom. The van der Waals surface area contributed by atoms with Gasteiger partial charge in [0.2, 0.25) is 10.0 Å². The third-order valence-corrected chi connectivity index (χ3v) is 14.4. The number of benzene rings is 1. The molecule has 12 heteroatoms. The van der Waals surface area contributed by atoms with E-state index in [4.69, 9.17) is 30.8 Å². The third kappa shape index (κ3) is 6.95. The maximum Gasteiger partial charge on any atom is 0.283 e. The molecule has 4 heterocycles. The van der Waals surface area contributed by atoms with Crippen molar-refractivity contribution < 1.29 is 27.4 Å². The van der Waals surface area contributed by atoms with Crippen LogP contribution in [0.25, 0.3) is 0 Å². The van der Waals surface area contributed by atoms with Crippen LogP contribution in [0.15, 0.2) is 30.3 Å². The van der Waals surface area contributed by atoms with Crippen LogP contribution in [-0.2, 0) is 31.3 Å². The minimum absolute atomic E-state index is 0.0668. The second kappa shape index (κ2) is 13.9. The summed E-state index contributed by atoms with van der Waals surface area (Å²) < 4.78 is 48.8. The Bertz CT molecular complexity index is 1650. The summed E-state index contributed by atoms with van der Waals surface area (Å²) in [6, 6.07) is 9.80. The zero-order valence-electron chi connectivity index (χ0n) is 29.2. The topological polar surface area (TPSA) is 110 Å². The number of nitrogens with zero attached hydrogens (tertiary/aromatic N) is 3. The van der Waals surface area contributed by atoms with Crippen LogP contribution in [0.2, 0.25) is 5.02 Å². The molecule has 1 spiro atoms. The van der Waals surface area contributed by atoms with Gasteiger partial charge in [-0.3, -0.25) is 4.79 Å². The van der Waals surface area contributed by atoms with Gasteiger partial charge < -0.3 is 24.0 Å². The van der Waals surface area contributed by atoms with E-state index in [1.165, 1.54) is 11.1 Å². The van der Waals surface area contributed by atoms with Gasteiger partial charge in [-0.2, -0.15) is 0 Å². The first-order valence-electron chi connectivity index (χ1n) is 18.1. The van der Waals surface area contributed by atoms with Crippen LogP contribution < -0.4 is 14.4 Å². The number of nitrogens with one attached hydrogen (secondary N) is 1. The fraction of sp³-hybridized carbons (Fsp3) is 0.676. The van der Waals surface area contributed by atoms with E-state index >= 15 is 0 Å². The highest BCUT2D eigenvalue weighted by Crippen LogP contribution is 2.48. The predicted octanol–water partition coefficient (Wildman–Crippen LogP) is 5.42. The lowest BCUT2D eigenvalue weighted by Crippen LogP contribution is -2.52. The quantitative estimate of drug-likeness (QED) is 0.436. The SMILES string of the molecule is C[C@@H]1[C@@H](C)CCC[C@H]([C@H]2OC[C@@H](N(C)C)CO2)[C@@H]2CC[C@H]2CN2C[C@@]3(CCCc4cc(Cl)ccc43)COc3ccc(nc32)C(=O)NS1(=O)=O. The van der Waals surface area contributed by atoms with Gasteiger partial charge in [0.25, 0.3) is 5.91 Å². The summed E-state index contributed by atoms with van der Waals surface area (Å²) in [7, 11) is 0.167. The number of aromatic nitrogens is 1. The lowest BCUT2D eigenvalue weighted by Gasteiger charge is -2.49. The number of hydrogen-bond acceptors (Lipinski definition) is 9. The summed E-state index contributed by atoms with van der Waals surface area (Å²) in [5.41, 5.74) is 2.30. The molecule has 2 fully saturated rings. The molecule has 2 bridgehead atoms. The maximum atomic E-state index is 13.5. The van der Waals surface area contributed by atoms with E-state index in [0.29, 0.717) is 49.8 Å². The molecule has 1 saturated heterocycles. The monoisotopic (exact) mass is 714 g/mol. The van der Waals surface area contributed by atoms with Crippen LogP contribution in [0.5, 0.6) is 5.75 Å². The number of halogens is 1. The van der Waals surface area contributed by atoms with E-state index in [0.717, 1.165) is 62.9 Å². The number of anilines is 1. The van der Waals surface area contributed by atoms with Crippen LogP contribution >= 0.6 is 11.6 Å². The van der Waals surface area contributed by atoms with Crippen molar-refractivity contribution in [3.8, 4) is 5.75 Å². The van der Waals surface area contributed by atoms with E-state index in [9.17, 15) is 13.2 Å². The summed E-state index contributed by atoms with van der Waals surface area (Å²) in [5.74, 6) is 1.31. The zero-order chi connectivity index (χ0) is 34.5. The van der Waals surface area contributed by atoms with E-state index in [1.807, 2.05) is 13.0 Å². The number of ether oxygens (including phenoxy) is 3. The summed E-state index contributed by atoms with van der Waals surface area (Å²) in [6.07, 6.45) is 7.32. The second-order valence-corrected chi connectivity index (χ2v) is 18.0. The number of hydrogen-bond donors (Lipinski definition) is 1. The van der Waals surface area contributed by atoms with Crippen molar-refractivity contribution >= 4 is 33.3 Å². The summed E-state index contributed by atoms with van der Waals surface area (Å²) in [6.45, 7) is 6.81. The first-order valence-corrected chi connectivity index (χ1v) is 20.0. The van der Waals surface area contributed by atoms with E-state index in [2.05, 4.69) is 40.7 Å². The fourth-order valence-electron chi connectivity index (χ4n) is 8.87. The highest BCUT2D eigenvalue weighted by Gasteiger charge is 2.47. The molecule has 2 aliphatic carbocycles. The Kier molecular flexibility index (Phi) is 9.95. The minimum Gasteiger partial charge on any atom is -0.489 e. The van der Waals surface area contributed by atoms with E-state index in [1.54, 1.807) is 19.1 Å². The molecule has 1 aromatic carbocycles. The Morgan fingerprint density at radius 2 is 1.82 bits per heavy atom. The average molecular weight is 715 g/mol. The van der Waals surface area contributed by atoms with Crippen molar-refractivity contribution in [2.75, 3.05) is 51.9 Å². The van der Waals surface area contributed by atoms with Gasteiger partial charge in [-0.25, -0.2) is 18.1 Å². The summed E-state index contributed by atoms with van der Waals surface area (Å²) >= 11 is 6.46. The molecule has 7 rings (SSSR count). The van der Waals surface area contributed by atoms with Crippen molar-refractivity contribution in [3.63, 3.8) is 0 Å². The number of likely N-dealkylation sites (N-methyl/N-ethyl adjacent to an activating group) is 1. The van der Waals surface area contributed by atoms with Crippen molar-refractivity contribution in [3.05, 3.63) is 52.2 Å². The molecule has 2 aromatic rings. The molecule has 1 amide bonds. The van der Waals surface area contributed by atoms with Crippen molar-refractivity contribution in [1.29, 1.82) is 0 Å². The molecule has 5 aliphatic rings. The molecule has 0 radical (unpaired) electrons. The molecular formula is C37H51ClN4O6S. The van der Waals surface area contributed by atoms with Gasteiger partial charge in [0.05, 0.1) is 31.1 Å². The maximum absolute atomic E-state index is 13.5. The van der Waals surface area contributed by atoms with Gasteiger partial charge in [0.1, 0.15) is 5.69 Å². The van der Waals surface area contributed by atoms with Gasteiger partial charge in [-0.15, -0.1) is 0 Å². The molecule has 268 valence electrons. The molecule has 10 nitrogen and oxygen atoms in total. The fourth-order valence-corrected chi connectivity index (χ4v) is 10.4. The smallest absolute Gasteiger partial charge is 0.283 e. The number of pyridine rings is 1. The lowest BCUT2D eigenvalue weighted by atomic mass is 9.64. The van der Waals surface area contributed by atoms with Gasteiger partial charge in [-0.05, 0) is 119 Å². The Labute approximate surface area is 296 Å². The van der Waals surface area contributed by atoms with Crippen molar-refractivity contribution in [2.45, 2.75) is 88.2 Å². The van der Waals surface area contributed by atoms with Crippen LogP contribution in [0.1, 0.15) is 80.4 Å². The van der Waals surface area contributed by atoms with Crippen LogP contribution in [-0.4, -0.2) is 88.8 Å². The number of sulfonamides is 1. The van der Waals surface area contributed by atoms with Crippen LogP contribution in [0.4, 0.5) is 5.82 Å². The number of carbonyl (C=O) groups excluding carboxylic acids is 1.